The minimum atomic E-state index is -0.814. The summed E-state index contributed by atoms with van der Waals surface area (Å²) in [7, 11) is 6.95. The van der Waals surface area contributed by atoms with E-state index in [4.69, 9.17) is 14.6 Å². The lowest BCUT2D eigenvalue weighted by atomic mass is 10.1. The van der Waals surface area contributed by atoms with Gasteiger partial charge in [0.05, 0.1) is 30.9 Å². The number of nitrogens with zero attached hydrogens (tertiary/aromatic N) is 4. The number of carboxylic acid groups (broad SMARTS) is 1. The fraction of sp³-hybridized carbons (Fsp3) is 0.440. The van der Waals surface area contributed by atoms with Crippen LogP contribution < -0.4 is 20.1 Å². The van der Waals surface area contributed by atoms with Crippen molar-refractivity contribution < 1.29 is 24.5 Å². The molecule has 1 aromatic carbocycles. The summed E-state index contributed by atoms with van der Waals surface area (Å²) in [5, 5.41) is 26.5. The Labute approximate surface area is 215 Å². The van der Waals surface area contributed by atoms with Gasteiger partial charge in [-0.3, -0.25) is 9.79 Å². The zero-order chi connectivity index (χ0) is 26.8. The van der Waals surface area contributed by atoms with E-state index in [1.807, 2.05) is 25.1 Å². The normalized spacial score (nSPS) is 11.5. The van der Waals surface area contributed by atoms with Crippen molar-refractivity contribution >= 4 is 34.7 Å². The standard InChI is InChI=1S/C25H35N7O5/c1-26-8-6-9-27-23-21-18(25(35)31-24(21)30-15-29-23)13-28-17-11-16(22(37-4)19(12-17)36-3)14-32(2)10-5-7-20(33)34/h11-13,15,26,35H,5-10,14H2,1-4H3,(H,33,34)(H2,27,29,30,31). The van der Waals surface area contributed by atoms with Crippen molar-refractivity contribution in [2.24, 2.45) is 4.99 Å². The van der Waals surface area contributed by atoms with Crippen molar-refractivity contribution in [3.8, 4) is 17.4 Å². The van der Waals surface area contributed by atoms with Crippen LogP contribution in [0.2, 0.25) is 0 Å². The first-order chi connectivity index (χ1) is 17.9. The molecule has 0 amide bonds. The molecule has 0 atom stereocenters. The summed E-state index contributed by atoms with van der Waals surface area (Å²) in [6.07, 6.45) is 4.56. The molecule has 3 aromatic rings. The summed E-state index contributed by atoms with van der Waals surface area (Å²) >= 11 is 0. The zero-order valence-electron chi connectivity index (χ0n) is 21.7. The number of hydrogen-bond acceptors (Lipinski definition) is 10. The van der Waals surface area contributed by atoms with Crippen LogP contribution in [0.4, 0.5) is 11.5 Å². The van der Waals surface area contributed by atoms with E-state index < -0.39 is 5.97 Å². The van der Waals surface area contributed by atoms with Crippen molar-refractivity contribution in [2.75, 3.05) is 53.3 Å². The van der Waals surface area contributed by atoms with Gasteiger partial charge in [0.15, 0.2) is 17.4 Å². The number of carboxylic acids is 1. The number of aromatic nitrogens is 3. The van der Waals surface area contributed by atoms with Crippen LogP contribution in [0.25, 0.3) is 11.0 Å². The third-order valence-electron chi connectivity index (χ3n) is 5.76. The molecule has 0 fully saturated rings. The minimum Gasteiger partial charge on any atom is -0.494 e. The molecule has 0 aliphatic carbocycles. The Balaban J connectivity index is 1.90. The van der Waals surface area contributed by atoms with E-state index in [1.54, 1.807) is 26.5 Å². The molecule has 0 saturated heterocycles. The van der Waals surface area contributed by atoms with Crippen LogP contribution >= 0.6 is 0 Å². The Hall–Kier alpha value is -3.90. The molecule has 5 N–H and O–H groups in total. The molecule has 12 nitrogen and oxygen atoms in total. The highest BCUT2D eigenvalue weighted by Gasteiger charge is 2.17. The van der Waals surface area contributed by atoms with Crippen LogP contribution in [0.5, 0.6) is 17.4 Å². The van der Waals surface area contributed by atoms with E-state index >= 15 is 0 Å². The average molecular weight is 514 g/mol. The number of aliphatic carboxylic acids is 1. The van der Waals surface area contributed by atoms with Crippen LogP contribution in [0, 0.1) is 0 Å². The fourth-order valence-corrected chi connectivity index (χ4v) is 3.99. The van der Waals surface area contributed by atoms with Gasteiger partial charge in [0.25, 0.3) is 0 Å². The highest BCUT2D eigenvalue weighted by atomic mass is 16.5. The molecule has 0 unspecified atom stereocenters. The Bertz CT molecular complexity index is 1230. The molecule has 2 aromatic heterocycles. The first kappa shape index (κ1) is 27.7. The van der Waals surface area contributed by atoms with Crippen LogP contribution in [-0.2, 0) is 11.3 Å². The van der Waals surface area contributed by atoms with Gasteiger partial charge in [-0.1, -0.05) is 0 Å². The third kappa shape index (κ3) is 7.30. The monoisotopic (exact) mass is 513 g/mol. The topological polar surface area (TPSA) is 157 Å². The molecule has 0 bridgehead atoms. The number of aromatic amines is 1. The van der Waals surface area contributed by atoms with Gasteiger partial charge in [-0.05, 0) is 46.1 Å². The Morgan fingerprint density at radius 3 is 2.73 bits per heavy atom. The Morgan fingerprint density at radius 1 is 1.22 bits per heavy atom. The molecule has 2 heterocycles. The lowest BCUT2D eigenvalue weighted by molar-refractivity contribution is -0.137. The maximum absolute atomic E-state index is 10.8. The largest absolute Gasteiger partial charge is 0.494 e. The molecule has 3 rings (SSSR count). The van der Waals surface area contributed by atoms with Gasteiger partial charge in [0.1, 0.15) is 17.8 Å². The van der Waals surface area contributed by atoms with Gasteiger partial charge in [-0.15, -0.1) is 0 Å². The number of fused-ring (bicyclic) bond motifs is 1. The van der Waals surface area contributed by atoms with Crippen LogP contribution in [-0.4, -0.2) is 90.2 Å². The molecule has 0 aliphatic heterocycles. The molecule has 0 radical (unpaired) electrons. The second-order valence-electron chi connectivity index (χ2n) is 8.55. The maximum atomic E-state index is 10.8. The van der Waals surface area contributed by atoms with Gasteiger partial charge >= 0.3 is 5.97 Å². The molecule has 0 aliphatic rings. The zero-order valence-corrected chi connectivity index (χ0v) is 21.7. The molecule has 0 saturated carbocycles. The third-order valence-corrected chi connectivity index (χ3v) is 5.76. The summed E-state index contributed by atoms with van der Waals surface area (Å²) in [5.74, 6) is 0.838. The summed E-state index contributed by atoms with van der Waals surface area (Å²) in [4.78, 5) is 28.9. The molecule has 0 spiro atoms. The van der Waals surface area contributed by atoms with Gasteiger partial charge < -0.3 is 40.2 Å². The summed E-state index contributed by atoms with van der Waals surface area (Å²) < 4.78 is 11.1. The van der Waals surface area contributed by atoms with Gasteiger partial charge in [0, 0.05) is 37.4 Å². The van der Waals surface area contributed by atoms with Crippen molar-refractivity contribution in [1.82, 2.24) is 25.2 Å². The van der Waals surface area contributed by atoms with E-state index in [-0.39, 0.29) is 12.3 Å². The SMILES string of the molecule is CNCCCNc1ncnc2[nH]c(O)c(C=Nc3cc(CN(C)CCCC(=O)O)c(OC)c(OC)c3)c12. The smallest absolute Gasteiger partial charge is 0.303 e. The number of ether oxygens (including phenoxy) is 2. The average Bonchev–Trinajstić information content (AvgIpc) is 3.20. The summed E-state index contributed by atoms with van der Waals surface area (Å²) in [5.41, 5.74) is 2.40. The summed E-state index contributed by atoms with van der Waals surface area (Å²) in [6.45, 7) is 2.69. The van der Waals surface area contributed by atoms with Crippen LogP contribution in [0.1, 0.15) is 30.4 Å². The van der Waals surface area contributed by atoms with Gasteiger partial charge in [-0.25, -0.2) is 9.97 Å². The maximum Gasteiger partial charge on any atom is 0.303 e. The minimum absolute atomic E-state index is 0.0589. The van der Waals surface area contributed by atoms with Gasteiger partial charge in [0.2, 0.25) is 0 Å². The predicted octanol–water partition coefficient (Wildman–Crippen LogP) is 2.75. The number of aromatic hydroxyl groups is 1. The fourth-order valence-electron chi connectivity index (χ4n) is 3.99. The Kier molecular flexibility index (Phi) is 10.0. The quantitative estimate of drug-likeness (QED) is 0.151. The van der Waals surface area contributed by atoms with E-state index in [2.05, 4.69) is 30.6 Å². The lowest BCUT2D eigenvalue weighted by Gasteiger charge is -2.20. The number of rotatable bonds is 15. The molecule has 37 heavy (non-hydrogen) atoms. The highest BCUT2D eigenvalue weighted by molar-refractivity contribution is 6.06. The van der Waals surface area contributed by atoms with Crippen LogP contribution in [0.3, 0.4) is 0 Å². The number of methoxy groups -OCH3 is 2. The predicted molar refractivity (Wildman–Crippen MR) is 143 cm³/mol. The second kappa shape index (κ2) is 13.4. The number of aliphatic imine (C=N–C) groups is 1. The highest BCUT2D eigenvalue weighted by Crippen LogP contribution is 2.37. The number of carbonyl (C=O) groups is 1. The summed E-state index contributed by atoms with van der Waals surface area (Å²) in [6, 6.07) is 3.63. The Morgan fingerprint density at radius 2 is 2.03 bits per heavy atom. The van der Waals surface area contributed by atoms with Crippen molar-refractivity contribution in [1.29, 1.82) is 0 Å². The van der Waals surface area contributed by atoms with E-state index in [1.165, 1.54) is 6.33 Å². The van der Waals surface area contributed by atoms with Crippen molar-refractivity contribution in [3.05, 3.63) is 29.6 Å². The lowest BCUT2D eigenvalue weighted by Crippen LogP contribution is -2.20. The number of H-pyrrole nitrogens is 1. The van der Waals surface area contributed by atoms with Gasteiger partial charge in [-0.2, -0.15) is 0 Å². The van der Waals surface area contributed by atoms with Crippen LogP contribution in [0.15, 0.2) is 23.5 Å². The molecular formula is C25H35N7O5. The molecular weight excluding hydrogens is 478 g/mol. The number of benzene rings is 1. The van der Waals surface area contributed by atoms with Crippen molar-refractivity contribution in [2.45, 2.75) is 25.8 Å². The number of anilines is 1. The first-order valence-corrected chi connectivity index (χ1v) is 12.0. The second-order valence-corrected chi connectivity index (χ2v) is 8.55. The van der Waals surface area contributed by atoms with E-state index in [0.29, 0.717) is 65.7 Å². The molecule has 200 valence electrons. The molecule has 12 heteroatoms. The van der Waals surface area contributed by atoms with E-state index in [0.717, 1.165) is 18.5 Å². The number of hydrogen-bond donors (Lipinski definition) is 5. The van der Waals surface area contributed by atoms with Crippen molar-refractivity contribution in [3.63, 3.8) is 0 Å². The first-order valence-electron chi connectivity index (χ1n) is 12.0. The van der Waals surface area contributed by atoms with E-state index in [9.17, 15) is 9.90 Å². The number of nitrogens with one attached hydrogen (secondary N) is 3.